The van der Waals surface area contributed by atoms with Crippen LogP contribution in [-0.2, 0) is 9.53 Å². The van der Waals surface area contributed by atoms with Crippen molar-refractivity contribution in [3.8, 4) is 17.2 Å². The van der Waals surface area contributed by atoms with Gasteiger partial charge in [-0.1, -0.05) is 53.8 Å². The molecule has 1 aliphatic rings. The molecule has 0 amide bonds. The monoisotopic (exact) mass is 648 g/mol. The van der Waals surface area contributed by atoms with Crippen molar-refractivity contribution >= 4 is 45.0 Å². The lowest BCUT2D eigenvalue weighted by Gasteiger charge is -2.26. The fourth-order valence-electron chi connectivity index (χ4n) is 4.83. The predicted octanol–water partition coefficient (Wildman–Crippen LogP) is 5.11. The maximum Gasteiger partial charge on any atom is 0.338 e. The lowest BCUT2D eigenvalue weighted by Crippen LogP contribution is -2.40. The number of esters is 1. The Morgan fingerprint density at radius 3 is 2.50 bits per heavy atom. The molecule has 0 saturated heterocycles. The van der Waals surface area contributed by atoms with Gasteiger partial charge in [0.2, 0.25) is 0 Å². The van der Waals surface area contributed by atoms with Crippen molar-refractivity contribution in [2.45, 2.75) is 19.9 Å². The molecule has 1 aliphatic heterocycles. The van der Waals surface area contributed by atoms with Crippen molar-refractivity contribution in [3.63, 3.8) is 0 Å². The van der Waals surface area contributed by atoms with Gasteiger partial charge >= 0.3 is 5.97 Å². The van der Waals surface area contributed by atoms with Gasteiger partial charge in [-0.05, 0) is 71.2 Å². The van der Waals surface area contributed by atoms with Crippen LogP contribution in [0.2, 0.25) is 0 Å². The van der Waals surface area contributed by atoms with Gasteiger partial charge < -0.3 is 18.9 Å². The number of ether oxygens (including phenoxy) is 4. The van der Waals surface area contributed by atoms with Gasteiger partial charge in [0.15, 0.2) is 16.3 Å². The minimum Gasteiger partial charge on any atom is -0.497 e. The smallest absolute Gasteiger partial charge is 0.338 e. The number of aromatic nitrogens is 1. The summed E-state index contributed by atoms with van der Waals surface area (Å²) in [6, 6.07) is 19.7. The second kappa shape index (κ2) is 12.8. The third-order valence-electron chi connectivity index (χ3n) is 6.62. The highest BCUT2D eigenvalue weighted by molar-refractivity contribution is 9.10. The summed E-state index contributed by atoms with van der Waals surface area (Å²) in [6.07, 6.45) is 1.78. The summed E-state index contributed by atoms with van der Waals surface area (Å²) in [6.45, 7) is 4.30. The maximum atomic E-state index is 14.1. The van der Waals surface area contributed by atoms with Crippen molar-refractivity contribution in [1.82, 2.24) is 4.57 Å². The molecule has 8 nitrogen and oxygen atoms in total. The van der Waals surface area contributed by atoms with Gasteiger partial charge in [-0.15, -0.1) is 0 Å². The number of carbonyl (C=O) groups is 1. The van der Waals surface area contributed by atoms with Crippen molar-refractivity contribution in [1.29, 1.82) is 0 Å². The molecule has 0 bridgehead atoms. The predicted molar refractivity (Wildman–Crippen MR) is 166 cm³/mol. The van der Waals surface area contributed by atoms with Gasteiger partial charge in [-0.25, -0.2) is 9.79 Å². The van der Waals surface area contributed by atoms with Gasteiger partial charge in [0.25, 0.3) is 5.56 Å². The number of hydrogen-bond acceptors (Lipinski definition) is 8. The van der Waals surface area contributed by atoms with Crippen molar-refractivity contribution in [2.24, 2.45) is 4.99 Å². The average Bonchev–Trinajstić information content (AvgIpc) is 3.32. The van der Waals surface area contributed by atoms with E-state index >= 15 is 0 Å². The normalized spacial score (nSPS) is 14.7. The lowest BCUT2D eigenvalue weighted by atomic mass is 9.93. The molecule has 5 rings (SSSR count). The van der Waals surface area contributed by atoms with Crippen LogP contribution >= 0.6 is 27.3 Å². The largest absolute Gasteiger partial charge is 0.497 e. The van der Waals surface area contributed by atoms with Gasteiger partial charge in [0.05, 0.1) is 53.8 Å². The number of hydrogen-bond donors (Lipinski definition) is 0. The zero-order chi connectivity index (χ0) is 29.8. The molecule has 4 aromatic rings. The average molecular weight is 650 g/mol. The first-order valence-electron chi connectivity index (χ1n) is 13.3. The number of fused-ring (bicyclic) bond motifs is 1. The van der Waals surface area contributed by atoms with E-state index in [4.69, 9.17) is 23.9 Å². The van der Waals surface area contributed by atoms with Crippen LogP contribution in [0.15, 0.2) is 86.6 Å². The zero-order valence-electron chi connectivity index (χ0n) is 23.5. The number of halogens is 1. The molecule has 0 fully saturated rings. The third kappa shape index (κ3) is 5.64. The fourth-order valence-corrected chi connectivity index (χ4v) is 6.40. The first-order valence-corrected chi connectivity index (χ1v) is 14.9. The molecule has 1 atom stereocenters. The Hall–Kier alpha value is -4.15. The highest BCUT2D eigenvalue weighted by Gasteiger charge is 2.35. The summed E-state index contributed by atoms with van der Waals surface area (Å²) in [5, 5.41) is 0. The van der Waals surface area contributed by atoms with Crippen LogP contribution in [0, 0.1) is 0 Å². The van der Waals surface area contributed by atoms with Gasteiger partial charge in [-0.2, -0.15) is 0 Å². The van der Waals surface area contributed by atoms with Crippen LogP contribution in [0.3, 0.4) is 0 Å². The number of benzene rings is 3. The van der Waals surface area contributed by atoms with E-state index in [-0.39, 0.29) is 17.7 Å². The van der Waals surface area contributed by atoms with Crippen LogP contribution in [0.1, 0.15) is 36.6 Å². The molecular formula is C32H29BrN2O6S. The molecular weight excluding hydrogens is 620 g/mol. The van der Waals surface area contributed by atoms with Crippen LogP contribution in [0.4, 0.5) is 0 Å². The molecule has 0 saturated carbocycles. The zero-order valence-corrected chi connectivity index (χ0v) is 26.0. The fraction of sp³-hybridized carbons (Fsp3) is 0.219. The van der Waals surface area contributed by atoms with Gasteiger partial charge in [-0.3, -0.25) is 9.36 Å². The highest BCUT2D eigenvalue weighted by Crippen LogP contribution is 2.38. The van der Waals surface area contributed by atoms with Crippen LogP contribution in [-0.4, -0.2) is 38.0 Å². The minimum atomic E-state index is -0.797. The third-order valence-corrected chi connectivity index (χ3v) is 8.19. The molecule has 2 heterocycles. The molecule has 42 heavy (non-hydrogen) atoms. The van der Waals surface area contributed by atoms with E-state index in [2.05, 4.69) is 15.9 Å². The van der Waals surface area contributed by atoms with Crippen molar-refractivity contribution in [3.05, 3.63) is 113 Å². The number of rotatable bonds is 9. The van der Waals surface area contributed by atoms with Crippen molar-refractivity contribution in [2.75, 3.05) is 27.4 Å². The van der Waals surface area contributed by atoms with Crippen LogP contribution < -0.4 is 29.1 Å². The number of carbonyl (C=O) groups excluding carboxylic acids is 1. The summed E-state index contributed by atoms with van der Waals surface area (Å²) < 4.78 is 25.0. The van der Waals surface area contributed by atoms with Crippen LogP contribution in [0.5, 0.6) is 17.2 Å². The van der Waals surface area contributed by atoms with E-state index in [0.717, 1.165) is 11.1 Å². The lowest BCUT2D eigenvalue weighted by molar-refractivity contribution is -0.138. The molecule has 0 N–H and O–H groups in total. The Morgan fingerprint density at radius 1 is 1.02 bits per heavy atom. The van der Waals surface area contributed by atoms with Gasteiger partial charge in [0, 0.05) is 5.56 Å². The molecule has 0 aliphatic carbocycles. The molecule has 0 spiro atoms. The quantitative estimate of drug-likeness (QED) is 0.234. The summed E-state index contributed by atoms with van der Waals surface area (Å²) >= 11 is 4.81. The number of methoxy groups -OCH3 is 2. The summed E-state index contributed by atoms with van der Waals surface area (Å²) in [5.74, 6) is 1.18. The Kier molecular flexibility index (Phi) is 8.94. The summed E-state index contributed by atoms with van der Waals surface area (Å²) in [5.41, 5.74) is 2.62. The van der Waals surface area contributed by atoms with Gasteiger partial charge in [0.1, 0.15) is 5.75 Å². The second-order valence-corrected chi connectivity index (χ2v) is 11.0. The Balaban J connectivity index is 1.80. The molecule has 216 valence electrons. The Labute approximate surface area is 255 Å². The SMILES string of the molecule is CCOC(=O)C1=C(c2ccccc2)N=c2s/c(=C\c3cc(Br)c(OCC)c(OC)c3)c(=O)n2[C@H]1c1cccc(OC)c1. The minimum absolute atomic E-state index is 0.175. The standard InChI is InChI=1S/C32H29BrN2O6S/c1-5-40-29-23(33)15-19(16-24(29)39-4)17-25-30(36)35-28(21-13-10-14-22(18-21)38-3)26(31(37)41-6-2)27(34-32(35)42-25)20-11-8-7-9-12-20/h7-18,28H,5-6H2,1-4H3/b25-17-/t28-/m0/s1. The first-order chi connectivity index (χ1) is 20.4. The van der Waals surface area contributed by atoms with E-state index in [1.807, 2.05) is 73.7 Å². The van der Waals surface area contributed by atoms with E-state index in [0.29, 0.717) is 48.9 Å². The van der Waals surface area contributed by atoms with E-state index in [9.17, 15) is 9.59 Å². The first kappa shape index (κ1) is 29.3. The second-order valence-electron chi connectivity index (χ2n) is 9.18. The maximum absolute atomic E-state index is 14.1. The number of nitrogens with zero attached hydrogens (tertiary/aromatic N) is 2. The molecule has 0 radical (unpaired) electrons. The molecule has 10 heteroatoms. The highest BCUT2D eigenvalue weighted by atomic mass is 79.9. The van der Waals surface area contributed by atoms with Crippen molar-refractivity contribution < 1.29 is 23.7 Å². The molecule has 0 unspecified atom stereocenters. The van der Waals surface area contributed by atoms with E-state index in [1.54, 1.807) is 31.8 Å². The van der Waals surface area contributed by atoms with E-state index < -0.39 is 12.0 Å². The summed E-state index contributed by atoms with van der Waals surface area (Å²) in [7, 11) is 3.14. The Bertz CT molecular complexity index is 1840. The topological polar surface area (TPSA) is 88.4 Å². The van der Waals surface area contributed by atoms with E-state index in [1.165, 1.54) is 11.3 Å². The van der Waals surface area contributed by atoms with Crippen LogP contribution in [0.25, 0.3) is 11.8 Å². The molecule has 3 aromatic carbocycles. The number of thiazole rings is 1. The molecule has 1 aromatic heterocycles. The Morgan fingerprint density at radius 2 is 1.81 bits per heavy atom. The summed E-state index contributed by atoms with van der Waals surface area (Å²) in [4.78, 5) is 33.1.